The molecule has 0 aliphatic heterocycles. The van der Waals surface area contributed by atoms with E-state index >= 15 is 0 Å². The number of nitrogens with zero attached hydrogens (tertiary/aromatic N) is 1. The summed E-state index contributed by atoms with van der Waals surface area (Å²) in [6.07, 6.45) is 6.07. The lowest BCUT2D eigenvalue weighted by Gasteiger charge is -2.11. The van der Waals surface area contributed by atoms with E-state index in [-0.39, 0.29) is 11.7 Å². The Bertz CT molecular complexity index is 428. The first-order valence-corrected chi connectivity index (χ1v) is 6.38. The van der Waals surface area contributed by atoms with E-state index in [0.717, 1.165) is 18.4 Å². The molecule has 2 unspecified atom stereocenters. The number of ketones is 1. The summed E-state index contributed by atoms with van der Waals surface area (Å²) in [4.78, 5) is 16.4. The zero-order valence-electron chi connectivity index (χ0n) is 10.6. The molecule has 0 saturated heterocycles. The molecule has 0 aromatic carbocycles. The van der Waals surface area contributed by atoms with E-state index in [2.05, 4.69) is 11.9 Å². The maximum atomic E-state index is 12.4. The van der Waals surface area contributed by atoms with Crippen LogP contribution in [0.3, 0.4) is 0 Å². The number of hydrogen-bond acceptors (Lipinski definition) is 3. The first-order valence-electron chi connectivity index (χ1n) is 6.38. The average Bonchev–Trinajstić information content (AvgIpc) is 2.80. The largest absolute Gasteiger partial charge is 0.383 e. The molecule has 92 valence electrons. The van der Waals surface area contributed by atoms with Gasteiger partial charge in [0, 0.05) is 12.1 Å². The standard InChI is InChI=1S/C14H20N2O/c1-3-10-4-5-11(7-10)13(17)12-6-9(2)8-16-14(12)15/h6,8,10-11H,3-5,7H2,1-2H3,(H2,15,16). The molecule has 2 N–H and O–H groups in total. The van der Waals surface area contributed by atoms with Gasteiger partial charge < -0.3 is 5.73 Å². The summed E-state index contributed by atoms with van der Waals surface area (Å²) in [5, 5.41) is 0. The molecule has 2 atom stereocenters. The second-order valence-corrected chi connectivity index (χ2v) is 5.09. The fourth-order valence-electron chi connectivity index (χ4n) is 2.68. The Balaban J connectivity index is 2.17. The number of nitrogens with two attached hydrogens (primary N) is 1. The van der Waals surface area contributed by atoms with Gasteiger partial charge in [0.05, 0.1) is 5.56 Å². The van der Waals surface area contributed by atoms with Crippen LogP contribution in [0, 0.1) is 18.8 Å². The van der Waals surface area contributed by atoms with Crippen LogP contribution < -0.4 is 5.73 Å². The van der Waals surface area contributed by atoms with E-state index in [1.807, 2.05) is 13.0 Å². The molecular weight excluding hydrogens is 212 g/mol. The topological polar surface area (TPSA) is 56.0 Å². The molecule has 0 bridgehead atoms. The number of hydrogen-bond donors (Lipinski definition) is 1. The van der Waals surface area contributed by atoms with Crippen LogP contribution in [0.2, 0.25) is 0 Å². The van der Waals surface area contributed by atoms with Crippen molar-refractivity contribution in [3.63, 3.8) is 0 Å². The Kier molecular flexibility index (Phi) is 3.46. The molecule has 1 aromatic heterocycles. The van der Waals surface area contributed by atoms with Crippen molar-refractivity contribution in [2.24, 2.45) is 11.8 Å². The number of rotatable bonds is 3. The molecule has 1 aromatic rings. The summed E-state index contributed by atoms with van der Waals surface area (Å²) in [5.74, 6) is 1.43. The Morgan fingerprint density at radius 3 is 2.94 bits per heavy atom. The highest BCUT2D eigenvalue weighted by molar-refractivity contribution is 6.01. The Labute approximate surface area is 102 Å². The maximum Gasteiger partial charge on any atom is 0.169 e. The van der Waals surface area contributed by atoms with E-state index in [4.69, 9.17) is 5.73 Å². The monoisotopic (exact) mass is 232 g/mol. The van der Waals surface area contributed by atoms with Gasteiger partial charge in [-0.15, -0.1) is 0 Å². The predicted molar refractivity (Wildman–Crippen MR) is 68.8 cm³/mol. The normalized spacial score (nSPS) is 23.9. The van der Waals surface area contributed by atoms with Crippen molar-refractivity contribution in [3.05, 3.63) is 23.4 Å². The molecule has 1 saturated carbocycles. The van der Waals surface area contributed by atoms with Gasteiger partial charge in [-0.2, -0.15) is 0 Å². The fourth-order valence-corrected chi connectivity index (χ4v) is 2.68. The Hall–Kier alpha value is -1.38. The SMILES string of the molecule is CCC1CCC(C(=O)c2cc(C)cnc2N)C1. The molecule has 1 heterocycles. The predicted octanol–water partition coefficient (Wildman–Crippen LogP) is 2.98. The second kappa shape index (κ2) is 4.86. The van der Waals surface area contributed by atoms with Crippen LogP contribution in [0.15, 0.2) is 12.3 Å². The summed E-state index contributed by atoms with van der Waals surface area (Å²) in [7, 11) is 0. The van der Waals surface area contributed by atoms with Crippen LogP contribution in [-0.4, -0.2) is 10.8 Å². The van der Waals surface area contributed by atoms with E-state index in [0.29, 0.717) is 17.3 Å². The summed E-state index contributed by atoms with van der Waals surface area (Å²) in [6, 6.07) is 1.87. The molecule has 17 heavy (non-hydrogen) atoms. The summed E-state index contributed by atoms with van der Waals surface area (Å²) in [6.45, 7) is 4.13. The van der Waals surface area contributed by atoms with Crippen molar-refractivity contribution in [3.8, 4) is 0 Å². The van der Waals surface area contributed by atoms with Crippen molar-refractivity contribution in [2.45, 2.75) is 39.5 Å². The number of carbonyl (C=O) groups excluding carboxylic acids is 1. The average molecular weight is 232 g/mol. The quantitative estimate of drug-likeness (QED) is 0.815. The smallest absolute Gasteiger partial charge is 0.169 e. The lowest BCUT2D eigenvalue weighted by atomic mass is 9.94. The zero-order chi connectivity index (χ0) is 12.4. The number of Topliss-reactive ketones (excluding diaryl/α,β-unsaturated/α-hetero) is 1. The first-order chi connectivity index (χ1) is 8.11. The van der Waals surface area contributed by atoms with Gasteiger partial charge in [0.15, 0.2) is 5.78 Å². The number of anilines is 1. The third-order valence-corrected chi connectivity index (χ3v) is 3.81. The third-order valence-electron chi connectivity index (χ3n) is 3.81. The Morgan fingerprint density at radius 1 is 1.53 bits per heavy atom. The molecule has 2 rings (SSSR count). The van der Waals surface area contributed by atoms with Crippen molar-refractivity contribution >= 4 is 11.6 Å². The summed E-state index contributed by atoms with van der Waals surface area (Å²) in [5.41, 5.74) is 7.40. The zero-order valence-corrected chi connectivity index (χ0v) is 10.6. The van der Waals surface area contributed by atoms with Crippen LogP contribution in [0.25, 0.3) is 0 Å². The molecule has 1 fully saturated rings. The molecule has 1 aliphatic carbocycles. The summed E-state index contributed by atoms with van der Waals surface area (Å²) >= 11 is 0. The first kappa shape index (κ1) is 12.1. The van der Waals surface area contributed by atoms with E-state index < -0.39 is 0 Å². The minimum absolute atomic E-state index is 0.158. The molecule has 0 amide bonds. The number of pyridine rings is 1. The molecule has 3 nitrogen and oxygen atoms in total. The van der Waals surface area contributed by atoms with Crippen molar-refractivity contribution in [2.75, 3.05) is 5.73 Å². The fraction of sp³-hybridized carbons (Fsp3) is 0.571. The minimum atomic E-state index is 0.158. The lowest BCUT2D eigenvalue weighted by Crippen LogP contribution is -2.15. The van der Waals surface area contributed by atoms with Gasteiger partial charge in [-0.25, -0.2) is 4.98 Å². The van der Waals surface area contributed by atoms with Gasteiger partial charge in [-0.1, -0.05) is 13.3 Å². The van der Waals surface area contributed by atoms with Gasteiger partial charge in [0.2, 0.25) is 0 Å². The lowest BCUT2D eigenvalue weighted by molar-refractivity contribution is 0.0920. The van der Waals surface area contributed by atoms with Gasteiger partial charge in [-0.3, -0.25) is 4.79 Å². The molecule has 3 heteroatoms. The molecule has 1 aliphatic rings. The van der Waals surface area contributed by atoms with Crippen LogP contribution >= 0.6 is 0 Å². The minimum Gasteiger partial charge on any atom is -0.383 e. The number of aromatic nitrogens is 1. The van der Waals surface area contributed by atoms with Crippen molar-refractivity contribution < 1.29 is 4.79 Å². The third kappa shape index (κ3) is 2.48. The highest BCUT2D eigenvalue weighted by atomic mass is 16.1. The van der Waals surface area contributed by atoms with Gasteiger partial charge in [0.1, 0.15) is 5.82 Å². The van der Waals surface area contributed by atoms with Crippen LogP contribution in [0.1, 0.15) is 48.5 Å². The van der Waals surface area contributed by atoms with E-state index in [1.54, 1.807) is 6.20 Å². The number of nitrogen functional groups attached to an aromatic ring is 1. The number of aryl methyl sites for hydroxylation is 1. The van der Waals surface area contributed by atoms with Crippen LogP contribution in [0.5, 0.6) is 0 Å². The van der Waals surface area contributed by atoms with Crippen molar-refractivity contribution in [1.29, 1.82) is 0 Å². The highest BCUT2D eigenvalue weighted by Gasteiger charge is 2.30. The van der Waals surface area contributed by atoms with E-state index in [9.17, 15) is 4.79 Å². The van der Waals surface area contributed by atoms with Crippen LogP contribution in [-0.2, 0) is 0 Å². The van der Waals surface area contributed by atoms with Gasteiger partial charge in [0.25, 0.3) is 0 Å². The maximum absolute atomic E-state index is 12.4. The van der Waals surface area contributed by atoms with Crippen molar-refractivity contribution in [1.82, 2.24) is 4.98 Å². The molecule has 0 radical (unpaired) electrons. The summed E-state index contributed by atoms with van der Waals surface area (Å²) < 4.78 is 0. The van der Waals surface area contributed by atoms with Crippen LogP contribution in [0.4, 0.5) is 5.82 Å². The molecule has 0 spiro atoms. The van der Waals surface area contributed by atoms with E-state index in [1.165, 1.54) is 12.8 Å². The Morgan fingerprint density at radius 2 is 2.29 bits per heavy atom. The van der Waals surface area contributed by atoms with Gasteiger partial charge >= 0.3 is 0 Å². The number of carbonyl (C=O) groups is 1. The highest BCUT2D eigenvalue weighted by Crippen LogP contribution is 2.35. The second-order valence-electron chi connectivity index (χ2n) is 5.09. The van der Waals surface area contributed by atoms with Gasteiger partial charge in [-0.05, 0) is 43.7 Å². The molecular formula is C14H20N2O.